The zero-order chi connectivity index (χ0) is 47.2. The van der Waals surface area contributed by atoms with Crippen LogP contribution in [-0.2, 0) is 40.9 Å². The molecule has 0 aromatic heterocycles. The predicted molar refractivity (Wildman–Crippen MR) is 272 cm³/mol. The van der Waals surface area contributed by atoms with Crippen molar-refractivity contribution in [2.24, 2.45) is 0 Å². The summed E-state index contributed by atoms with van der Waals surface area (Å²) < 4.78 is 7.74. The summed E-state index contributed by atoms with van der Waals surface area (Å²) in [6, 6.07) is 42.4. The van der Waals surface area contributed by atoms with Crippen LogP contribution in [0.1, 0.15) is 159 Å². The Balaban J connectivity index is 1.52. The van der Waals surface area contributed by atoms with E-state index in [1.54, 1.807) is 6.07 Å². The van der Waals surface area contributed by atoms with E-state index < -0.39 is 8.32 Å². The molecule has 0 amide bonds. The Bertz CT molecular complexity index is 2550. The van der Waals surface area contributed by atoms with Crippen molar-refractivity contribution in [3.8, 4) is 23.0 Å². The number of hydrogen-bond donors (Lipinski definition) is 3. The van der Waals surface area contributed by atoms with E-state index in [1.807, 2.05) is 6.07 Å². The van der Waals surface area contributed by atoms with Gasteiger partial charge < -0.3 is 19.7 Å². The first-order chi connectivity index (χ1) is 29.6. The van der Waals surface area contributed by atoms with Crippen molar-refractivity contribution >= 4 is 18.7 Å². The maximum Gasteiger partial charge on any atom is 0.319 e. The zero-order valence-electron chi connectivity index (χ0n) is 41.4. The quantitative estimate of drug-likeness (QED) is 0.120. The molecular formula is C59H74O4Si. The van der Waals surface area contributed by atoms with Gasteiger partial charge in [0.2, 0.25) is 0 Å². The second-order valence-corrected chi connectivity index (χ2v) is 27.5. The molecule has 0 unspecified atom stereocenters. The fraction of sp³-hybridized carbons (Fsp3) is 0.390. The highest BCUT2D eigenvalue weighted by Gasteiger charge is 2.52. The van der Waals surface area contributed by atoms with Gasteiger partial charge in [-0.1, -0.05) is 213 Å². The summed E-state index contributed by atoms with van der Waals surface area (Å²) in [5.74, 6) is 1.45. The van der Waals surface area contributed by atoms with Gasteiger partial charge in [-0.05, 0) is 105 Å². The predicted octanol–water partition coefficient (Wildman–Crippen LogP) is 13.7. The second-order valence-electron chi connectivity index (χ2n) is 23.2. The van der Waals surface area contributed by atoms with Crippen molar-refractivity contribution < 1.29 is 19.7 Å². The third-order valence-corrected chi connectivity index (χ3v) is 17.9. The summed E-state index contributed by atoms with van der Waals surface area (Å²) in [6.07, 6.45) is 1.14. The SMILES string of the molecule is CC(C)(C)c1ccc(O)c(Cc2cc(C(C)(C)C)cc(Cc3cc(C(C)(C)C)cc(Cc4cc(C(C)(C)C)ccc4O[Si](c4ccccc4)(c4ccccc4)C(C)(C)C)c3O)c2O)c1. The summed E-state index contributed by atoms with van der Waals surface area (Å²) in [4.78, 5) is 0. The molecule has 0 saturated heterocycles. The summed E-state index contributed by atoms with van der Waals surface area (Å²) in [6.45, 7) is 33.3. The smallest absolute Gasteiger partial charge is 0.319 e. The topological polar surface area (TPSA) is 69.9 Å². The van der Waals surface area contributed by atoms with Gasteiger partial charge in [0.25, 0.3) is 0 Å². The number of phenols is 3. The van der Waals surface area contributed by atoms with Crippen molar-refractivity contribution in [2.45, 2.75) is 150 Å². The molecule has 6 aromatic carbocycles. The van der Waals surface area contributed by atoms with Crippen molar-refractivity contribution in [2.75, 3.05) is 0 Å². The number of phenolic OH excluding ortho intramolecular Hbond substituents is 3. The van der Waals surface area contributed by atoms with E-state index in [1.165, 1.54) is 15.9 Å². The third-order valence-electron chi connectivity index (χ3n) is 13.0. The van der Waals surface area contributed by atoms with E-state index >= 15 is 0 Å². The number of aromatic hydroxyl groups is 3. The number of hydrogen-bond acceptors (Lipinski definition) is 4. The molecule has 4 nitrogen and oxygen atoms in total. The molecule has 6 aromatic rings. The lowest BCUT2D eigenvalue weighted by Crippen LogP contribution is -2.68. The van der Waals surface area contributed by atoms with Crippen LogP contribution in [0.2, 0.25) is 5.04 Å². The molecule has 0 bridgehead atoms. The Labute approximate surface area is 386 Å². The normalized spacial score (nSPS) is 13.0. The molecule has 338 valence electrons. The van der Waals surface area contributed by atoms with Crippen LogP contribution < -0.4 is 14.8 Å². The molecular weight excluding hydrogens is 801 g/mol. The lowest BCUT2D eigenvalue weighted by Gasteiger charge is -2.43. The van der Waals surface area contributed by atoms with Gasteiger partial charge in [-0.2, -0.15) is 0 Å². The van der Waals surface area contributed by atoms with Gasteiger partial charge >= 0.3 is 8.32 Å². The maximum absolute atomic E-state index is 12.6. The third kappa shape index (κ3) is 10.3. The largest absolute Gasteiger partial charge is 0.534 e. The molecule has 0 aliphatic rings. The standard InChI is InChI=1S/C59H74O4Si/c1-55(2,3)45-26-28-51(60)39(33-45)30-41-35-47(57(7,8)9)37-43(53(41)61)32-44-38-48(58(10,11)12)36-42(54(44)62)31-40-34-46(56(4,5)6)27-29-52(40)63-64(59(13,14)15,49-22-18-16-19-23-49)50-24-20-17-21-25-50/h16-29,33-38,60-62H,30-32H2,1-15H3. The molecule has 0 saturated carbocycles. The van der Waals surface area contributed by atoms with E-state index in [4.69, 9.17) is 4.43 Å². The number of benzene rings is 6. The Morgan fingerprint density at radius 1 is 0.375 bits per heavy atom. The Hall–Kier alpha value is -5.26. The van der Waals surface area contributed by atoms with Crippen LogP contribution in [0.15, 0.2) is 121 Å². The molecule has 0 atom stereocenters. The molecule has 5 heteroatoms. The summed E-state index contributed by atoms with van der Waals surface area (Å²) in [5, 5.41) is 38.0. The first-order valence-corrected chi connectivity index (χ1v) is 25.0. The highest BCUT2D eigenvalue weighted by Crippen LogP contribution is 2.43. The van der Waals surface area contributed by atoms with Gasteiger partial charge in [-0.15, -0.1) is 0 Å². The van der Waals surface area contributed by atoms with Crippen LogP contribution in [0, 0.1) is 0 Å². The fourth-order valence-electron chi connectivity index (χ4n) is 8.83. The molecule has 0 spiro atoms. The van der Waals surface area contributed by atoms with Crippen LogP contribution >= 0.6 is 0 Å². The minimum Gasteiger partial charge on any atom is -0.534 e. The average molecular weight is 875 g/mol. The first-order valence-electron chi connectivity index (χ1n) is 23.1. The van der Waals surface area contributed by atoms with Crippen LogP contribution in [0.3, 0.4) is 0 Å². The monoisotopic (exact) mass is 875 g/mol. The summed E-state index contributed by atoms with van der Waals surface area (Å²) >= 11 is 0. The van der Waals surface area contributed by atoms with E-state index in [0.29, 0.717) is 19.3 Å². The highest BCUT2D eigenvalue weighted by atomic mass is 28.4. The van der Waals surface area contributed by atoms with E-state index in [2.05, 4.69) is 213 Å². The molecule has 0 heterocycles. The second kappa shape index (κ2) is 17.6. The van der Waals surface area contributed by atoms with Crippen LogP contribution in [0.5, 0.6) is 23.0 Å². The Morgan fingerprint density at radius 3 is 1.08 bits per heavy atom. The minimum atomic E-state index is -3.00. The summed E-state index contributed by atoms with van der Waals surface area (Å²) in [5.41, 5.74) is 8.69. The zero-order valence-corrected chi connectivity index (χ0v) is 42.4. The minimum absolute atomic E-state index is 0.0986. The average Bonchev–Trinajstić information content (AvgIpc) is 3.19. The van der Waals surface area contributed by atoms with E-state index in [-0.39, 0.29) is 43.9 Å². The van der Waals surface area contributed by atoms with Crippen LogP contribution in [0.4, 0.5) is 0 Å². The summed E-state index contributed by atoms with van der Waals surface area (Å²) in [7, 11) is -3.00. The van der Waals surface area contributed by atoms with Gasteiger partial charge in [0, 0.05) is 19.3 Å². The fourth-order valence-corrected chi connectivity index (χ4v) is 13.3. The van der Waals surface area contributed by atoms with Gasteiger partial charge in [0.05, 0.1) is 0 Å². The van der Waals surface area contributed by atoms with Crippen molar-refractivity contribution in [3.05, 3.63) is 177 Å². The van der Waals surface area contributed by atoms with Gasteiger partial charge in [-0.25, -0.2) is 0 Å². The Morgan fingerprint density at radius 2 is 0.703 bits per heavy atom. The molecule has 0 aliphatic heterocycles. The van der Waals surface area contributed by atoms with Gasteiger partial charge in [-0.3, -0.25) is 0 Å². The molecule has 0 fully saturated rings. The van der Waals surface area contributed by atoms with Crippen molar-refractivity contribution in [1.29, 1.82) is 0 Å². The molecule has 0 aliphatic carbocycles. The lowest BCUT2D eigenvalue weighted by molar-refractivity contribution is 0.453. The molecule has 3 N–H and O–H groups in total. The van der Waals surface area contributed by atoms with E-state index in [9.17, 15) is 15.3 Å². The lowest BCUT2D eigenvalue weighted by atomic mass is 9.80. The van der Waals surface area contributed by atoms with E-state index in [0.717, 1.165) is 55.8 Å². The van der Waals surface area contributed by atoms with Gasteiger partial charge in [0.1, 0.15) is 23.0 Å². The maximum atomic E-state index is 12.6. The highest BCUT2D eigenvalue weighted by molar-refractivity contribution is 7.00. The first kappa shape index (κ1) is 48.2. The van der Waals surface area contributed by atoms with Crippen LogP contribution in [0.25, 0.3) is 0 Å². The van der Waals surface area contributed by atoms with Crippen molar-refractivity contribution in [1.82, 2.24) is 0 Å². The van der Waals surface area contributed by atoms with Gasteiger partial charge in [0.15, 0.2) is 0 Å². The Kier molecular flexibility index (Phi) is 13.3. The van der Waals surface area contributed by atoms with Crippen LogP contribution in [-0.4, -0.2) is 23.6 Å². The molecule has 0 radical (unpaired) electrons. The number of rotatable bonds is 10. The molecule has 6 rings (SSSR count). The van der Waals surface area contributed by atoms with Crippen molar-refractivity contribution in [3.63, 3.8) is 0 Å². The molecule has 64 heavy (non-hydrogen) atoms.